The van der Waals surface area contributed by atoms with Gasteiger partial charge in [-0.25, -0.2) is 4.98 Å². The van der Waals surface area contributed by atoms with E-state index in [1.54, 1.807) is 11.3 Å². The Kier molecular flexibility index (Phi) is 3.18. The number of nitrogens with one attached hydrogen (secondary N) is 1. The first-order valence-corrected chi connectivity index (χ1v) is 5.85. The molecule has 0 unspecified atom stereocenters. The molecule has 2 aromatic heterocycles. The number of hydrogen-bond donors (Lipinski definition) is 1. The van der Waals surface area contributed by atoms with Crippen LogP contribution in [0.2, 0.25) is 0 Å². The maximum Gasteiger partial charge on any atom is 0.181 e. The predicted molar refractivity (Wildman–Crippen MR) is 61.8 cm³/mol. The zero-order valence-corrected chi connectivity index (χ0v) is 9.67. The van der Waals surface area contributed by atoms with Crippen molar-refractivity contribution in [3.63, 3.8) is 0 Å². The Morgan fingerprint density at radius 2 is 2.40 bits per heavy atom. The van der Waals surface area contributed by atoms with Gasteiger partial charge < -0.3 is 9.73 Å². The normalized spacial score (nSPS) is 11.1. The molecular weight excluding hydrogens is 208 g/mol. The molecule has 0 amide bonds. The molecule has 2 heterocycles. The molecule has 2 aromatic rings. The summed E-state index contributed by atoms with van der Waals surface area (Å²) in [6.07, 6.45) is 1.51. The Hall–Kier alpha value is -1.13. The van der Waals surface area contributed by atoms with Crippen LogP contribution in [0.5, 0.6) is 0 Å². The third-order valence-corrected chi connectivity index (χ3v) is 2.93. The molecule has 0 aliphatic heterocycles. The van der Waals surface area contributed by atoms with Crippen molar-refractivity contribution in [2.75, 3.05) is 0 Å². The van der Waals surface area contributed by atoms with Gasteiger partial charge in [-0.1, -0.05) is 19.9 Å². The summed E-state index contributed by atoms with van der Waals surface area (Å²) in [6.45, 7) is 4.98. The van der Waals surface area contributed by atoms with Crippen molar-refractivity contribution in [3.05, 3.63) is 29.6 Å². The van der Waals surface area contributed by atoms with Crippen LogP contribution in [0.3, 0.4) is 0 Å². The molecule has 0 saturated carbocycles. The zero-order chi connectivity index (χ0) is 10.7. The van der Waals surface area contributed by atoms with E-state index in [0.29, 0.717) is 6.04 Å². The lowest BCUT2D eigenvalue weighted by Gasteiger charge is -2.05. The van der Waals surface area contributed by atoms with Crippen molar-refractivity contribution >= 4 is 11.3 Å². The van der Waals surface area contributed by atoms with Gasteiger partial charge in [-0.3, -0.25) is 0 Å². The van der Waals surface area contributed by atoms with Crippen molar-refractivity contribution in [3.8, 4) is 10.6 Å². The summed E-state index contributed by atoms with van der Waals surface area (Å²) in [4.78, 5) is 5.35. The molecule has 0 aromatic carbocycles. The lowest BCUT2D eigenvalue weighted by molar-refractivity contribution is 0.564. The van der Waals surface area contributed by atoms with E-state index in [-0.39, 0.29) is 0 Å². The van der Waals surface area contributed by atoms with Crippen molar-refractivity contribution in [2.45, 2.75) is 26.4 Å². The summed E-state index contributed by atoms with van der Waals surface area (Å²) in [5, 5.41) is 5.37. The second kappa shape index (κ2) is 4.59. The highest BCUT2D eigenvalue weighted by Crippen LogP contribution is 2.27. The van der Waals surface area contributed by atoms with Crippen LogP contribution in [0.15, 0.2) is 28.3 Å². The monoisotopic (exact) mass is 222 g/mol. The maximum absolute atomic E-state index is 5.40. The minimum Gasteiger partial charge on any atom is -0.442 e. The van der Waals surface area contributed by atoms with Crippen molar-refractivity contribution in [1.82, 2.24) is 10.3 Å². The van der Waals surface area contributed by atoms with Crippen molar-refractivity contribution in [2.24, 2.45) is 0 Å². The molecule has 0 spiro atoms. The average Bonchev–Trinajstić information content (AvgIpc) is 2.85. The van der Waals surface area contributed by atoms with Gasteiger partial charge in [0.1, 0.15) is 5.69 Å². The Labute approximate surface area is 93.2 Å². The van der Waals surface area contributed by atoms with E-state index in [1.807, 2.05) is 17.5 Å². The van der Waals surface area contributed by atoms with Gasteiger partial charge in [0.2, 0.25) is 0 Å². The molecular formula is C11H14N2OS. The number of rotatable bonds is 4. The number of aromatic nitrogens is 1. The van der Waals surface area contributed by atoms with E-state index < -0.39 is 0 Å². The lowest BCUT2D eigenvalue weighted by Crippen LogP contribution is -2.22. The van der Waals surface area contributed by atoms with Crippen LogP contribution in [-0.4, -0.2) is 11.0 Å². The minimum atomic E-state index is 0.456. The fraction of sp³-hybridized carbons (Fsp3) is 0.364. The molecule has 1 N–H and O–H groups in total. The van der Waals surface area contributed by atoms with E-state index in [4.69, 9.17) is 4.42 Å². The Balaban J connectivity index is 2.16. The van der Waals surface area contributed by atoms with E-state index >= 15 is 0 Å². The minimum absolute atomic E-state index is 0.456. The van der Waals surface area contributed by atoms with Gasteiger partial charge in [0, 0.05) is 12.6 Å². The molecule has 0 fully saturated rings. The topological polar surface area (TPSA) is 38.1 Å². The average molecular weight is 222 g/mol. The van der Waals surface area contributed by atoms with Crippen LogP contribution < -0.4 is 5.32 Å². The Morgan fingerprint density at radius 1 is 1.53 bits per heavy atom. The highest BCUT2D eigenvalue weighted by molar-refractivity contribution is 7.13. The van der Waals surface area contributed by atoms with Gasteiger partial charge in [0.15, 0.2) is 12.2 Å². The van der Waals surface area contributed by atoms with Crippen molar-refractivity contribution in [1.29, 1.82) is 0 Å². The van der Waals surface area contributed by atoms with Gasteiger partial charge in [-0.15, -0.1) is 11.3 Å². The molecule has 3 nitrogen and oxygen atoms in total. The van der Waals surface area contributed by atoms with Gasteiger partial charge in [-0.2, -0.15) is 0 Å². The summed E-state index contributed by atoms with van der Waals surface area (Å²) in [6, 6.07) is 4.52. The summed E-state index contributed by atoms with van der Waals surface area (Å²) in [5.74, 6) is 0.887. The van der Waals surface area contributed by atoms with Gasteiger partial charge >= 0.3 is 0 Å². The zero-order valence-electron chi connectivity index (χ0n) is 8.86. The van der Waals surface area contributed by atoms with Crippen LogP contribution in [0.4, 0.5) is 0 Å². The fourth-order valence-electron chi connectivity index (χ4n) is 1.30. The van der Waals surface area contributed by atoms with E-state index in [0.717, 1.165) is 22.9 Å². The Bertz CT molecular complexity index is 406. The van der Waals surface area contributed by atoms with Crippen LogP contribution in [0.1, 0.15) is 19.5 Å². The Morgan fingerprint density at radius 3 is 3.07 bits per heavy atom. The maximum atomic E-state index is 5.40. The number of thiophene rings is 1. The van der Waals surface area contributed by atoms with Crippen LogP contribution >= 0.6 is 11.3 Å². The first-order valence-electron chi connectivity index (χ1n) is 4.97. The van der Waals surface area contributed by atoms with Crippen LogP contribution in [0.25, 0.3) is 10.6 Å². The summed E-state index contributed by atoms with van der Waals surface area (Å²) in [7, 11) is 0. The van der Waals surface area contributed by atoms with Gasteiger partial charge in [-0.05, 0) is 11.4 Å². The van der Waals surface area contributed by atoms with Crippen LogP contribution in [-0.2, 0) is 6.54 Å². The summed E-state index contributed by atoms with van der Waals surface area (Å²) in [5.41, 5.74) is 0.978. The molecule has 0 saturated heterocycles. The van der Waals surface area contributed by atoms with Gasteiger partial charge in [0.05, 0.1) is 4.88 Å². The predicted octanol–water partition coefficient (Wildman–Crippen LogP) is 2.90. The SMILES string of the molecule is CC(C)NCc1ncoc1-c1cccs1. The molecule has 0 radical (unpaired) electrons. The van der Waals surface area contributed by atoms with Crippen LogP contribution in [0, 0.1) is 0 Å². The lowest BCUT2D eigenvalue weighted by atomic mass is 10.3. The van der Waals surface area contributed by atoms with E-state index in [9.17, 15) is 0 Å². The third-order valence-electron chi connectivity index (χ3n) is 2.06. The van der Waals surface area contributed by atoms with Gasteiger partial charge in [0.25, 0.3) is 0 Å². The first kappa shape index (κ1) is 10.4. The quantitative estimate of drug-likeness (QED) is 0.864. The largest absolute Gasteiger partial charge is 0.442 e. The molecule has 0 aliphatic carbocycles. The smallest absolute Gasteiger partial charge is 0.181 e. The molecule has 0 atom stereocenters. The summed E-state index contributed by atoms with van der Waals surface area (Å²) < 4.78 is 5.40. The molecule has 0 aliphatic rings. The second-order valence-corrected chi connectivity index (χ2v) is 4.59. The highest BCUT2D eigenvalue weighted by Gasteiger charge is 2.11. The number of hydrogen-bond acceptors (Lipinski definition) is 4. The molecule has 80 valence electrons. The van der Waals surface area contributed by atoms with E-state index in [2.05, 4.69) is 24.1 Å². The third kappa shape index (κ3) is 2.46. The molecule has 15 heavy (non-hydrogen) atoms. The highest BCUT2D eigenvalue weighted by atomic mass is 32.1. The second-order valence-electron chi connectivity index (χ2n) is 3.64. The number of oxazole rings is 1. The fourth-order valence-corrected chi connectivity index (χ4v) is 2.04. The molecule has 4 heteroatoms. The number of nitrogens with zero attached hydrogens (tertiary/aromatic N) is 1. The van der Waals surface area contributed by atoms with E-state index in [1.165, 1.54) is 6.39 Å². The summed E-state index contributed by atoms with van der Waals surface area (Å²) >= 11 is 1.67. The molecule has 0 bridgehead atoms. The molecule has 2 rings (SSSR count). The standard InChI is InChI=1S/C11H14N2OS/c1-8(2)12-6-9-11(14-7-13-9)10-4-3-5-15-10/h3-5,7-8,12H,6H2,1-2H3. The van der Waals surface area contributed by atoms with Crippen molar-refractivity contribution < 1.29 is 4.42 Å². The first-order chi connectivity index (χ1) is 7.27.